The Balaban J connectivity index is 2.75. The number of hydrogen-bond donors (Lipinski definition) is 1. The van der Waals surface area contributed by atoms with E-state index in [4.69, 9.17) is 12.3 Å². The van der Waals surface area contributed by atoms with E-state index in [0.29, 0.717) is 0 Å². The Kier molecular flexibility index (Phi) is 2.10. The molecule has 0 fully saturated rings. The smallest absolute Gasteiger partial charge is 0.359 e. The Bertz CT molecular complexity index is 661. The van der Waals surface area contributed by atoms with Crippen LogP contribution in [0.4, 0.5) is 0 Å². The number of fused-ring (bicyclic) bond motifs is 1. The van der Waals surface area contributed by atoms with Crippen LogP contribution in [0.5, 0.6) is 0 Å². The van der Waals surface area contributed by atoms with Crippen molar-refractivity contribution in [2.45, 2.75) is 6.67 Å². The Morgan fingerprint density at radius 2 is 2.38 bits per heavy atom. The van der Waals surface area contributed by atoms with Gasteiger partial charge in [-0.3, -0.25) is 9.64 Å². The zero-order valence-electron chi connectivity index (χ0n) is 7.86. The highest BCUT2D eigenvalue weighted by Gasteiger charge is 2.15. The number of aromatic nitrogens is 5. The summed E-state index contributed by atoms with van der Waals surface area (Å²) in [6.45, 7) is 6.37. The molecule has 2 aromatic heterocycles. The van der Waals surface area contributed by atoms with E-state index in [9.17, 15) is 9.59 Å². The van der Waals surface area contributed by atoms with Gasteiger partial charge in [0.15, 0.2) is 11.3 Å². The monoisotopic (exact) mass is 219 g/mol. The summed E-state index contributed by atoms with van der Waals surface area (Å²) in [4.78, 5) is 29.2. The number of amides is 1. The average Bonchev–Trinajstić information content (AvgIpc) is 2.67. The summed E-state index contributed by atoms with van der Waals surface area (Å²) < 4.78 is 1.87. The van der Waals surface area contributed by atoms with Gasteiger partial charge in [-0.1, -0.05) is 5.21 Å². The van der Waals surface area contributed by atoms with Crippen LogP contribution >= 0.6 is 0 Å². The molecule has 9 heteroatoms. The fourth-order valence-electron chi connectivity index (χ4n) is 1.17. The second-order valence-corrected chi connectivity index (χ2v) is 2.82. The Hall–Kier alpha value is -2.76. The average molecular weight is 219 g/mol. The predicted molar refractivity (Wildman–Crippen MR) is 50.2 cm³/mol. The normalized spacial score (nSPS) is 10.2. The maximum absolute atomic E-state index is 11.6. The van der Waals surface area contributed by atoms with Crippen LogP contribution in [0.1, 0.15) is 10.5 Å². The zero-order chi connectivity index (χ0) is 11.7. The van der Waals surface area contributed by atoms with Gasteiger partial charge in [0.05, 0.1) is 0 Å². The van der Waals surface area contributed by atoms with Gasteiger partial charge < -0.3 is 5.73 Å². The largest absolute Gasteiger partial charge is 0.364 e. The van der Waals surface area contributed by atoms with Crippen molar-refractivity contribution in [2.75, 3.05) is 0 Å². The van der Waals surface area contributed by atoms with E-state index in [1.165, 1.54) is 0 Å². The van der Waals surface area contributed by atoms with Crippen molar-refractivity contribution in [3.05, 3.63) is 33.9 Å². The first-order valence-corrected chi connectivity index (χ1v) is 4.09. The quantitative estimate of drug-likeness (QED) is 0.602. The fourth-order valence-corrected chi connectivity index (χ4v) is 1.17. The molecule has 0 atom stereocenters. The molecule has 0 unspecified atom stereocenters. The maximum Gasteiger partial charge on any atom is 0.359 e. The molecule has 0 spiro atoms. The zero-order valence-corrected chi connectivity index (χ0v) is 7.86. The van der Waals surface area contributed by atoms with Crippen molar-refractivity contribution in [1.82, 2.24) is 24.4 Å². The van der Waals surface area contributed by atoms with E-state index in [1.54, 1.807) is 0 Å². The lowest BCUT2D eigenvalue weighted by molar-refractivity contribution is 0.0997. The van der Waals surface area contributed by atoms with Crippen molar-refractivity contribution in [1.29, 1.82) is 0 Å². The number of hydrogen-bond acceptors (Lipinski definition) is 5. The van der Waals surface area contributed by atoms with Gasteiger partial charge in [0, 0.05) is 0 Å². The molecule has 0 aliphatic carbocycles. The molecule has 16 heavy (non-hydrogen) atoms. The minimum Gasteiger partial charge on any atom is -0.364 e. The first-order valence-electron chi connectivity index (χ1n) is 4.09. The molecule has 0 bridgehead atoms. The molecular weight excluding hydrogens is 214 g/mol. The summed E-state index contributed by atoms with van der Waals surface area (Å²) in [6.07, 6.45) is 1.12. The van der Waals surface area contributed by atoms with Crippen molar-refractivity contribution in [3.8, 4) is 0 Å². The van der Waals surface area contributed by atoms with Gasteiger partial charge in [0.2, 0.25) is 0 Å². The van der Waals surface area contributed by atoms with Crippen LogP contribution in [0.25, 0.3) is 10.5 Å². The van der Waals surface area contributed by atoms with Crippen LogP contribution in [-0.2, 0) is 6.67 Å². The van der Waals surface area contributed by atoms with Crippen LogP contribution in [-0.4, -0.2) is 30.3 Å². The molecule has 0 aromatic carbocycles. The van der Waals surface area contributed by atoms with E-state index in [0.717, 1.165) is 15.4 Å². The first kappa shape index (κ1) is 9.78. The summed E-state index contributed by atoms with van der Waals surface area (Å²) in [7, 11) is 0. The second-order valence-electron chi connectivity index (χ2n) is 2.82. The maximum atomic E-state index is 11.6. The van der Waals surface area contributed by atoms with Crippen molar-refractivity contribution >= 4 is 11.6 Å². The SMILES string of the molecule is [C-]#[N+]Cn1nnc2c(C(N)=O)ncn2c1=O. The van der Waals surface area contributed by atoms with Crippen LogP contribution in [0, 0.1) is 6.57 Å². The Morgan fingerprint density at radius 1 is 1.62 bits per heavy atom. The van der Waals surface area contributed by atoms with Crippen LogP contribution in [0.3, 0.4) is 0 Å². The molecule has 1 amide bonds. The molecule has 9 nitrogen and oxygen atoms in total. The highest BCUT2D eigenvalue weighted by Crippen LogP contribution is 2.00. The molecule has 2 heterocycles. The molecule has 2 rings (SSSR count). The molecule has 0 aliphatic heterocycles. The number of carbonyl (C=O) groups is 1. The Morgan fingerprint density at radius 3 is 3.00 bits per heavy atom. The highest BCUT2D eigenvalue weighted by atomic mass is 16.2. The first-order chi connectivity index (χ1) is 7.65. The van der Waals surface area contributed by atoms with Crippen molar-refractivity contribution < 1.29 is 4.79 Å². The molecule has 0 saturated heterocycles. The number of imidazole rings is 1. The highest BCUT2D eigenvalue weighted by molar-refractivity contribution is 5.96. The number of nitrogens with zero attached hydrogens (tertiary/aromatic N) is 6. The fraction of sp³-hybridized carbons (Fsp3) is 0.143. The van der Waals surface area contributed by atoms with Gasteiger partial charge in [-0.25, -0.2) is 20.8 Å². The van der Waals surface area contributed by atoms with Gasteiger partial charge >= 0.3 is 12.4 Å². The van der Waals surface area contributed by atoms with Crippen molar-refractivity contribution in [2.24, 2.45) is 5.73 Å². The number of primary amides is 1. The van der Waals surface area contributed by atoms with Gasteiger partial charge in [-0.15, -0.1) is 9.78 Å². The third kappa shape index (κ3) is 1.29. The summed E-state index contributed by atoms with van der Waals surface area (Å²) in [5.74, 6) is -0.792. The lowest BCUT2D eigenvalue weighted by atomic mass is 10.4. The lowest BCUT2D eigenvalue weighted by Gasteiger charge is -1.95. The molecular formula is C7H5N7O2. The number of nitrogens with two attached hydrogens (primary N) is 1. The summed E-state index contributed by atoms with van der Waals surface area (Å²) in [5.41, 5.74) is 4.29. The minimum atomic E-state index is -0.792. The van der Waals surface area contributed by atoms with E-state index >= 15 is 0 Å². The summed E-state index contributed by atoms with van der Waals surface area (Å²) in [5, 5.41) is 7.09. The molecule has 2 N–H and O–H groups in total. The third-order valence-electron chi connectivity index (χ3n) is 1.85. The molecule has 80 valence electrons. The van der Waals surface area contributed by atoms with Crippen LogP contribution < -0.4 is 11.4 Å². The van der Waals surface area contributed by atoms with E-state index in [1.807, 2.05) is 0 Å². The third-order valence-corrected chi connectivity index (χ3v) is 1.85. The molecule has 0 radical (unpaired) electrons. The molecule has 2 aromatic rings. The molecule has 0 aliphatic rings. The van der Waals surface area contributed by atoms with E-state index in [-0.39, 0.29) is 18.0 Å². The summed E-state index contributed by atoms with van der Waals surface area (Å²) in [6, 6.07) is 0. The number of rotatable bonds is 2. The second kappa shape index (κ2) is 3.43. The van der Waals surface area contributed by atoms with Gasteiger partial charge in [-0.2, -0.15) is 0 Å². The minimum absolute atomic E-state index is 0.0151. The number of carbonyl (C=O) groups excluding carboxylic acids is 1. The summed E-state index contributed by atoms with van der Waals surface area (Å²) >= 11 is 0. The topological polar surface area (TPSA) is 113 Å². The van der Waals surface area contributed by atoms with Crippen LogP contribution in [0.15, 0.2) is 11.1 Å². The lowest BCUT2D eigenvalue weighted by Crippen LogP contribution is -2.29. The van der Waals surface area contributed by atoms with Gasteiger partial charge in [-0.05, 0) is 0 Å². The van der Waals surface area contributed by atoms with Gasteiger partial charge in [0.1, 0.15) is 6.33 Å². The Labute approximate surface area is 87.9 Å². The van der Waals surface area contributed by atoms with Crippen LogP contribution in [0.2, 0.25) is 0 Å². The van der Waals surface area contributed by atoms with E-state index < -0.39 is 11.6 Å². The predicted octanol–water partition coefficient (Wildman–Crippen LogP) is -1.74. The van der Waals surface area contributed by atoms with E-state index in [2.05, 4.69) is 20.1 Å². The standard InChI is InChI=1S/C7H5N7O2/c1-9-2-14-7(16)13-3-10-4(5(8)15)6(13)11-12-14/h3H,2H2,(H2,8,15). The van der Waals surface area contributed by atoms with Gasteiger partial charge in [0.25, 0.3) is 5.91 Å². The molecule has 0 saturated carbocycles. The van der Waals surface area contributed by atoms with Crippen molar-refractivity contribution in [3.63, 3.8) is 0 Å².